The molecule has 1 heterocycles. The number of likely N-dealkylation sites (tertiary alicyclic amines) is 1. The Morgan fingerprint density at radius 3 is 2.83 bits per heavy atom. The standard InChI is InChI=1S/C17H26N2O4/c1-17(2,3)23-16(22)19-8-7-12(11-19)9-18-10-13-5-4-6-14(20)15(13)21/h4-6,12,18,20-21H,7-11H2,1-3H3. The Morgan fingerprint density at radius 1 is 1.39 bits per heavy atom. The second kappa shape index (κ2) is 7.08. The summed E-state index contributed by atoms with van der Waals surface area (Å²) in [6, 6.07) is 4.92. The van der Waals surface area contributed by atoms with Crippen molar-refractivity contribution in [2.24, 2.45) is 5.92 Å². The summed E-state index contributed by atoms with van der Waals surface area (Å²) in [5.74, 6) is 0.171. The van der Waals surface area contributed by atoms with E-state index >= 15 is 0 Å². The minimum atomic E-state index is -0.472. The van der Waals surface area contributed by atoms with E-state index in [9.17, 15) is 15.0 Å². The van der Waals surface area contributed by atoms with Crippen molar-refractivity contribution >= 4 is 6.09 Å². The number of amides is 1. The Labute approximate surface area is 137 Å². The molecule has 1 aromatic carbocycles. The maximum Gasteiger partial charge on any atom is 0.410 e. The van der Waals surface area contributed by atoms with Crippen LogP contribution >= 0.6 is 0 Å². The molecule has 6 heteroatoms. The molecular weight excluding hydrogens is 296 g/mol. The first-order valence-corrected chi connectivity index (χ1v) is 7.95. The van der Waals surface area contributed by atoms with Gasteiger partial charge in [0.15, 0.2) is 11.5 Å². The molecule has 128 valence electrons. The first-order chi connectivity index (χ1) is 10.8. The lowest BCUT2D eigenvalue weighted by atomic mass is 10.1. The number of nitrogens with one attached hydrogen (secondary N) is 1. The second-order valence-electron chi connectivity index (χ2n) is 7.00. The van der Waals surface area contributed by atoms with Crippen LogP contribution in [0.1, 0.15) is 32.8 Å². The number of nitrogens with zero attached hydrogens (tertiary/aromatic N) is 1. The topological polar surface area (TPSA) is 82.0 Å². The number of aromatic hydroxyl groups is 2. The molecule has 23 heavy (non-hydrogen) atoms. The number of hydrogen-bond donors (Lipinski definition) is 3. The first-order valence-electron chi connectivity index (χ1n) is 7.95. The number of phenols is 2. The fraction of sp³-hybridized carbons (Fsp3) is 0.588. The van der Waals surface area contributed by atoms with E-state index in [2.05, 4.69) is 5.32 Å². The van der Waals surface area contributed by atoms with Crippen molar-refractivity contribution in [3.63, 3.8) is 0 Å². The summed E-state index contributed by atoms with van der Waals surface area (Å²) in [6.07, 6.45) is 0.670. The molecule has 1 aromatic rings. The van der Waals surface area contributed by atoms with E-state index in [0.29, 0.717) is 31.1 Å². The van der Waals surface area contributed by atoms with Crippen LogP contribution in [0.15, 0.2) is 18.2 Å². The zero-order valence-electron chi connectivity index (χ0n) is 14.0. The van der Waals surface area contributed by atoms with Crippen LogP contribution in [-0.2, 0) is 11.3 Å². The molecule has 3 N–H and O–H groups in total. The van der Waals surface area contributed by atoms with Gasteiger partial charge >= 0.3 is 6.09 Å². The van der Waals surface area contributed by atoms with Gasteiger partial charge < -0.3 is 25.2 Å². The lowest BCUT2D eigenvalue weighted by Gasteiger charge is -2.24. The summed E-state index contributed by atoms with van der Waals surface area (Å²) >= 11 is 0. The molecule has 1 atom stereocenters. The smallest absolute Gasteiger partial charge is 0.410 e. The Hall–Kier alpha value is -1.95. The Bertz CT molecular complexity index is 554. The molecule has 0 aliphatic carbocycles. The largest absolute Gasteiger partial charge is 0.504 e. The third kappa shape index (κ3) is 5.03. The molecule has 2 rings (SSSR count). The molecule has 6 nitrogen and oxygen atoms in total. The maximum absolute atomic E-state index is 12.0. The number of carbonyl (C=O) groups is 1. The molecular formula is C17H26N2O4. The van der Waals surface area contributed by atoms with Crippen molar-refractivity contribution in [3.05, 3.63) is 23.8 Å². The van der Waals surface area contributed by atoms with E-state index in [1.807, 2.05) is 20.8 Å². The molecule has 0 aromatic heterocycles. The van der Waals surface area contributed by atoms with Crippen LogP contribution < -0.4 is 5.32 Å². The van der Waals surface area contributed by atoms with Crippen molar-refractivity contribution < 1.29 is 19.7 Å². The van der Waals surface area contributed by atoms with Crippen LogP contribution in [0.2, 0.25) is 0 Å². The quantitative estimate of drug-likeness (QED) is 0.742. The van der Waals surface area contributed by atoms with Crippen molar-refractivity contribution in [2.45, 2.75) is 39.3 Å². The Kier molecular flexibility index (Phi) is 5.36. The Morgan fingerprint density at radius 2 is 2.13 bits per heavy atom. The SMILES string of the molecule is CC(C)(C)OC(=O)N1CCC(CNCc2cccc(O)c2O)C1. The van der Waals surface area contributed by atoms with Crippen LogP contribution in [0.4, 0.5) is 4.79 Å². The average molecular weight is 322 g/mol. The zero-order valence-corrected chi connectivity index (χ0v) is 14.0. The highest BCUT2D eigenvalue weighted by Crippen LogP contribution is 2.28. The van der Waals surface area contributed by atoms with E-state index in [0.717, 1.165) is 13.0 Å². The highest BCUT2D eigenvalue weighted by atomic mass is 16.6. The van der Waals surface area contributed by atoms with Gasteiger partial charge in [0, 0.05) is 31.7 Å². The van der Waals surface area contributed by atoms with Gasteiger partial charge in [0.1, 0.15) is 5.60 Å². The van der Waals surface area contributed by atoms with Gasteiger partial charge in [-0.2, -0.15) is 0 Å². The van der Waals surface area contributed by atoms with Crippen LogP contribution in [0.25, 0.3) is 0 Å². The highest BCUT2D eigenvalue weighted by molar-refractivity contribution is 5.68. The lowest BCUT2D eigenvalue weighted by molar-refractivity contribution is 0.0288. The fourth-order valence-corrected chi connectivity index (χ4v) is 2.62. The minimum absolute atomic E-state index is 0.0817. The van der Waals surface area contributed by atoms with Gasteiger partial charge in [-0.3, -0.25) is 0 Å². The maximum atomic E-state index is 12.0. The van der Waals surface area contributed by atoms with Crippen molar-refractivity contribution in [1.82, 2.24) is 10.2 Å². The molecule has 1 saturated heterocycles. The van der Waals surface area contributed by atoms with Crippen molar-refractivity contribution in [2.75, 3.05) is 19.6 Å². The van der Waals surface area contributed by atoms with Gasteiger partial charge in [0.05, 0.1) is 0 Å². The van der Waals surface area contributed by atoms with Crippen LogP contribution in [0.3, 0.4) is 0 Å². The molecule has 1 amide bonds. The van der Waals surface area contributed by atoms with Gasteiger partial charge in [-0.25, -0.2) is 4.79 Å². The summed E-state index contributed by atoms with van der Waals surface area (Å²) in [6.45, 7) is 8.19. The van der Waals surface area contributed by atoms with Gasteiger partial charge in [-0.15, -0.1) is 0 Å². The van der Waals surface area contributed by atoms with Gasteiger partial charge in [-0.1, -0.05) is 12.1 Å². The average Bonchev–Trinajstić information content (AvgIpc) is 2.91. The molecule has 0 saturated carbocycles. The summed E-state index contributed by atoms with van der Waals surface area (Å²) in [4.78, 5) is 13.7. The Balaban J connectivity index is 1.76. The number of phenolic OH excluding ortho intramolecular Hbond substituents is 2. The predicted molar refractivity (Wildman–Crippen MR) is 87.4 cm³/mol. The zero-order chi connectivity index (χ0) is 17.0. The molecule has 0 spiro atoms. The first kappa shape index (κ1) is 17.4. The summed E-state index contributed by atoms with van der Waals surface area (Å²) in [7, 11) is 0. The van der Waals surface area contributed by atoms with Gasteiger partial charge in [-0.05, 0) is 39.2 Å². The summed E-state index contributed by atoms with van der Waals surface area (Å²) in [5, 5.41) is 22.5. The number of hydrogen-bond acceptors (Lipinski definition) is 5. The van der Waals surface area contributed by atoms with E-state index in [1.54, 1.807) is 17.0 Å². The molecule has 1 unspecified atom stereocenters. The molecule has 0 radical (unpaired) electrons. The fourth-order valence-electron chi connectivity index (χ4n) is 2.62. The van der Waals surface area contributed by atoms with E-state index in [-0.39, 0.29) is 17.6 Å². The van der Waals surface area contributed by atoms with Gasteiger partial charge in [0.2, 0.25) is 0 Å². The number of carbonyl (C=O) groups excluding carboxylic acids is 1. The number of ether oxygens (including phenoxy) is 1. The van der Waals surface area contributed by atoms with E-state index < -0.39 is 5.60 Å². The highest BCUT2D eigenvalue weighted by Gasteiger charge is 2.29. The number of benzene rings is 1. The molecule has 1 aliphatic rings. The van der Waals surface area contributed by atoms with Crippen molar-refractivity contribution in [3.8, 4) is 11.5 Å². The van der Waals surface area contributed by atoms with Crippen LogP contribution in [0, 0.1) is 5.92 Å². The van der Waals surface area contributed by atoms with E-state index in [4.69, 9.17) is 4.74 Å². The van der Waals surface area contributed by atoms with Gasteiger partial charge in [0.25, 0.3) is 0 Å². The molecule has 1 fully saturated rings. The number of rotatable bonds is 4. The van der Waals surface area contributed by atoms with Crippen LogP contribution in [0.5, 0.6) is 11.5 Å². The summed E-state index contributed by atoms with van der Waals surface area (Å²) < 4.78 is 5.38. The number of para-hydroxylation sites is 1. The molecule has 0 bridgehead atoms. The predicted octanol–water partition coefficient (Wildman–Crippen LogP) is 2.44. The second-order valence-corrected chi connectivity index (χ2v) is 7.00. The molecule has 1 aliphatic heterocycles. The third-order valence-electron chi connectivity index (χ3n) is 3.78. The minimum Gasteiger partial charge on any atom is -0.504 e. The van der Waals surface area contributed by atoms with Crippen LogP contribution in [-0.4, -0.2) is 46.4 Å². The monoisotopic (exact) mass is 322 g/mol. The summed E-state index contributed by atoms with van der Waals surface area (Å²) in [5.41, 5.74) is 0.187. The lowest BCUT2D eigenvalue weighted by Crippen LogP contribution is -2.36. The normalized spacial score (nSPS) is 18.2. The third-order valence-corrected chi connectivity index (χ3v) is 3.78. The van der Waals surface area contributed by atoms with Crippen molar-refractivity contribution in [1.29, 1.82) is 0 Å². The van der Waals surface area contributed by atoms with E-state index in [1.165, 1.54) is 6.07 Å².